The number of nitrogens with zero attached hydrogens (tertiary/aromatic N) is 4. The first-order chi connectivity index (χ1) is 27.4. The fourth-order valence-corrected chi connectivity index (χ4v) is 6.14. The van der Waals surface area contributed by atoms with Crippen molar-refractivity contribution < 1.29 is 59.6 Å². The van der Waals surface area contributed by atoms with Crippen molar-refractivity contribution in [2.75, 3.05) is 0 Å². The van der Waals surface area contributed by atoms with E-state index < -0.39 is 30.4 Å². The summed E-state index contributed by atoms with van der Waals surface area (Å²) in [6.07, 6.45) is -9.51. The number of benzene rings is 2. The molecule has 0 N–H and O–H groups in total. The lowest BCUT2D eigenvalue weighted by molar-refractivity contribution is -0.275. The van der Waals surface area contributed by atoms with Gasteiger partial charge >= 0.3 is 18.9 Å². The van der Waals surface area contributed by atoms with E-state index in [0.717, 1.165) is 46.8 Å². The molecule has 2 aromatic carbocycles. The van der Waals surface area contributed by atoms with Crippen LogP contribution in [0.15, 0.2) is 60.7 Å². The molecule has 11 nitrogen and oxygen atoms in total. The number of hydrogen-bond donors (Lipinski definition) is 0. The quantitative estimate of drug-likeness (QED) is 0.0866. The van der Waals surface area contributed by atoms with Crippen LogP contribution in [0, 0.1) is 27.7 Å². The molecule has 0 atom stereocenters. The highest BCUT2D eigenvalue weighted by molar-refractivity contribution is 5.82. The van der Waals surface area contributed by atoms with Crippen LogP contribution in [0.1, 0.15) is 58.6 Å². The second-order valence-corrected chi connectivity index (χ2v) is 13.1. The Morgan fingerprint density at radius 2 is 0.897 bits per heavy atom. The van der Waals surface area contributed by atoms with Crippen molar-refractivity contribution in [1.29, 1.82) is 0 Å². The zero-order valence-electron chi connectivity index (χ0n) is 32.0. The summed E-state index contributed by atoms with van der Waals surface area (Å²) in [5.41, 5.74) is 7.09. The van der Waals surface area contributed by atoms with Crippen LogP contribution in [0.4, 0.5) is 31.1 Å². The van der Waals surface area contributed by atoms with Crippen LogP contribution in [0.2, 0.25) is 0 Å². The first kappa shape index (κ1) is 41.2. The minimum atomic E-state index is -4.84. The maximum atomic E-state index is 13.2. The molecule has 0 aliphatic heterocycles. The Balaban J connectivity index is 1.22. The van der Waals surface area contributed by atoms with Gasteiger partial charge in [-0.05, 0) is 112 Å². The van der Waals surface area contributed by atoms with Crippen LogP contribution in [0.5, 0.6) is 34.8 Å². The summed E-state index contributed by atoms with van der Waals surface area (Å²) >= 11 is 0. The van der Waals surface area contributed by atoms with E-state index in [4.69, 9.17) is 28.9 Å². The molecule has 0 saturated heterocycles. The Labute approximate surface area is 327 Å². The van der Waals surface area contributed by atoms with Gasteiger partial charge < -0.3 is 28.4 Å². The van der Waals surface area contributed by atoms with Gasteiger partial charge in [-0.15, -0.1) is 26.3 Å². The maximum Gasteiger partial charge on any atom is 0.573 e. The molecule has 17 heteroatoms. The monoisotopic (exact) mass is 810 g/mol. The summed E-state index contributed by atoms with van der Waals surface area (Å²) in [4.78, 5) is 32.1. The Hall–Kier alpha value is -6.39. The highest BCUT2D eigenvalue weighted by atomic mass is 19.4. The van der Waals surface area contributed by atoms with Crippen molar-refractivity contribution in [3.05, 3.63) is 105 Å². The van der Waals surface area contributed by atoms with Gasteiger partial charge in [0.15, 0.2) is 0 Å². The van der Waals surface area contributed by atoms with Crippen molar-refractivity contribution in [2.45, 2.75) is 80.3 Å². The van der Waals surface area contributed by atoms with E-state index in [1.165, 1.54) is 24.3 Å². The van der Waals surface area contributed by atoms with Crippen LogP contribution in [-0.2, 0) is 35.5 Å². The number of pyridine rings is 4. The molecule has 0 spiro atoms. The molecule has 0 saturated carbocycles. The van der Waals surface area contributed by atoms with Crippen molar-refractivity contribution in [1.82, 2.24) is 19.9 Å². The fourth-order valence-electron chi connectivity index (χ4n) is 6.14. The van der Waals surface area contributed by atoms with Crippen LogP contribution in [-0.4, -0.2) is 38.8 Å². The van der Waals surface area contributed by atoms with E-state index >= 15 is 0 Å². The Kier molecular flexibility index (Phi) is 11.8. The van der Waals surface area contributed by atoms with Crippen molar-refractivity contribution >= 4 is 28.2 Å². The smallest absolute Gasteiger partial charge is 0.439 e. The van der Waals surface area contributed by atoms with Gasteiger partial charge in [0, 0.05) is 33.6 Å². The van der Waals surface area contributed by atoms with Gasteiger partial charge in [0.1, 0.15) is 36.2 Å². The van der Waals surface area contributed by atoms with Gasteiger partial charge in [-0.25, -0.2) is 14.8 Å². The van der Waals surface area contributed by atoms with Gasteiger partial charge in [-0.1, -0.05) is 13.8 Å². The fraction of sp³-hybridized carbons (Fsp3) is 0.293. The lowest BCUT2D eigenvalue weighted by Gasteiger charge is -2.17. The average Bonchev–Trinajstić information content (AvgIpc) is 3.15. The summed E-state index contributed by atoms with van der Waals surface area (Å²) in [5, 5.41) is 0. The molecule has 58 heavy (non-hydrogen) atoms. The number of carbonyl (C=O) groups is 1. The van der Waals surface area contributed by atoms with Crippen LogP contribution in [0.25, 0.3) is 22.1 Å². The lowest BCUT2D eigenvalue weighted by atomic mass is 10.0. The van der Waals surface area contributed by atoms with Crippen molar-refractivity contribution in [2.24, 2.45) is 0 Å². The SMILES string of the molecule is CCc1nc2cc(C)c(Oc3ccc(OC(F)(F)F)cc3)nc2c(COC(=O)OCc2c(C)c(CC)nc3cc(C)c(Oc4ccc(OC(F)(F)F)cc4)nc23)c1C. The minimum Gasteiger partial charge on any atom is -0.439 e. The summed E-state index contributed by atoms with van der Waals surface area (Å²) in [7, 11) is 0. The molecule has 0 unspecified atom stereocenters. The molecule has 4 aromatic heterocycles. The summed E-state index contributed by atoms with van der Waals surface area (Å²) in [6, 6.07) is 13.3. The molecule has 6 rings (SSSR count). The number of rotatable bonds is 12. The van der Waals surface area contributed by atoms with E-state index in [1.807, 2.05) is 27.7 Å². The number of alkyl halides is 6. The first-order valence-corrected chi connectivity index (χ1v) is 17.9. The van der Waals surface area contributed by atoms with Gasteiger partial charge in [0.25, 0.3) is 0 Å². The molecular weight excluding hydrogens is 774 g/mol. The third-order valence-corrected chi connectivity index (χ3v) is 9.03. The van der Waals surface area contributed by atoms with E-state index in [1.54, 1.807) is 26.0 Å². The van der Waals surface area contributed by atoms with Gasteiger partial charge in [-0.3, -0.25) is 9.97 Å². The molecule has 0 fully saturated rings. The Morgan fingerprint density at radius 3 is 1.22 bits per heavy atom. The zero-order chi connectivity index (χ0) is 41.9. The molecule has 0 aliphatic rings. The lowest BCUT2D eigenvalue weighted by Crippen LogP contribution is -2.16. The Morgan fingerprint density at radius 1 is 0.552 bits per heavy atom. The molecule has 6 aromatic rings. The summed E-state index contributed by atoms with van der Waals surface area (Å²) in [6.45, 7) is 10.5. The van der Waals surface area contributed by atoms with Crippen LogP contribution in [0.3, 0.4) is 0 Å². The number of halogens is 6. The maximum absolute atomic E-state index is 13.2. The second-order valence-electron chi connectivity index (χ2n) is 13.1. The number of hydrogen-bond acceptors (Lipinski definition) is 11. The number of ether oxygens (including phenoxy) is 6. The molecule has 304 valence electrons. The minimum absolute atomic E-state index is 0.164. The topological polar surface area (TPSA) is 124 Å². The van der Waals surface area contributed by atoms with Crippen molar-refractivity contribution in [3.8, 4) is 34.8 Å². The van der Waals surface area contributed by atoms with E-state index in [0.29, 0.717) is 57.2 Å². The van der Waals surface area contributed by atoms with Gasteiger partial charge in [0.05, 0.1) is 22.1 Å². The predicted octanol–water partition coefficient (Wildman–Crippen LogP) is 11.2. The predicted molar refractivity (Wildman–Crippen MR) is 198 cm³/mol. The van der Waals surface area contributed by atoms with Gasteiger partial charge in [-0.2, -0.15) is 0 Å². The zero-order valence-corrected chi connectivity index (χ0v) is 32.0. The molecule has 0 radical (unpaired) electrons. The number of carbonyl (C=O) groups excluding carboxylic acids is 1. The molecule has 0 bridgehead atoms. The molecule has 4 heterocycles. The first-order valence-electron chi connectivity index (χ1n) is 17.9. The summed E-state index contributed by atoms with van der Waals surface area (Å²) in [5.74, 6) is -0.0656. The standard InChI is InChI=1S/C41H36F6N4O7/c1-7-31-23(5)29(35-33(48-31)17-21(3)37(50-35)55-25-9-13-27(14-10-25)57-40(42,43)44)19-53-39(52)54-20-30-24(6)32(8-2)49-34-18-22(4)38(51-36(30)34)56-26-11-15-28(16-12-26)58-41(45,46)47/h9-18H,7-8,19-20H2,1-6H3. The number of fused-ring (bicyclic) bond motifs is 2. The number of aryl methyl sites for hydroxylation is 4. The Bertz CT molecular complexity index is 2300. The number of aromatic nitrogens is 4. The van der Waals surface area contributed by atoms with Crippen molar-refractivity contribution in [3.63, 3.8) is 0 Å². The largest absolute Gasteiger partial charge is 0.573 e. The average molecular weight is 811 g/mol. The molecule has 0 aliphatic carbocycles. The molecular formula is C41H36F6N4O7. The van der Waals surface area contributed by atoms with Crippen LogP contribution >= 0.6 is 0 Å². The van der Waals surface area contributed by atoms with E-state index in [2.05, 4.69) is 19.4 Å². The van der Waals surface area contributed by atoms with E-state index in [9.17, 15) is 31.1 Å². The second kappa shape index (κ2) is 16.6. The van der Waals surface area contributed by atoms with Crippen LogP contribution < -0.4 is 18.9 Å². The van der Waals surface area contributed by atoms with Gasteiger partial charge in [0.2, 0.25) is 11.8 Å². The third kappa shape index (κ3) is 9.76. The highest BCUT2D eigenvalue weighted by Gasteiger charge is 2.32. The van der Waals surface area contributed by atoms with E-state index in [-0.39, 0.29) is 36.5 Å². The summed E-state index contributed by atoms with van der Waals surface area (Å²) < 4.78 is 107. The molecule has 0 amide bonds. The highest BCUT2D eigenvalue weighted by Crippen LogP contribution is 2.34. The normalized spacial score (nSPS) is 11.8. The third-order valence-electron chi connectivity index (χ3n) is 9.03.